The third-order valence-electron chi connectivity index (χ3n) is 4.93. The molecular weight excluding hydrogens is 336 g/mol. The summed E-state index contributed by atoms with van der Waals surface area (Å²) >= 11 is 0. The van der Waals surface area contributed by atoms with Crippen LogP contribution in [0.25, 0.3) is 0 Å². The molecule has 0 atom stereocenters. The maximum Gasteiger partial charge on any atom is 0.251 e. The van der Waals surface area contributed by atoms with Crippen LogP contribution in [0.1, 0.15) is 34.3 Å². The molecule has 0 spiro atoms. The summed E-state index contributed by atoms with van der Waals surface area (Å²) in [7, 11) is 0. The molecule has 1 aliphatic rings. The van der Waals surface area contributed by atoms with Gasteiger partial charge in [-0.05, 0) is 43.0 Å². The number of halogens is 1. The molecule has 0 bridgehead atoms. The molecule has 1 fully saturated rings. The number of anilines is 1. The van der Waals surface area contributed by atoms with Crippen LogP contribution in [0.4, 0.5) is 5.69 Å². The second-order valence-corrected chi connectivity index (χ2v) is 6.52. The average Bonchev–Trinajstić information content (AvgIpc) is 2.63. The standard InChI is InChI=1S/C20H24N2O2.ClH/c1-15-7-8-17(21)13-18(15)19(23)22-14-20(9-11-24-12-10-20)16-5-3-2-4-6-16;/h2-8,13H,9-12,14,21H2,1H3,(H,22,23);1H. The number of nitrogens with two attached hydrogens (primary N) is 1. The first kappa shape index (κ1) is 19.3. The molecule has 3 rings (SSSR count). The molecule has 4 nitrogen and oxygen atoms in total. The Bertz CT molecular complexity index is 713. The monoisotopic (exact) mass is 360 g/mol. The molecule has 1 saturated heterocycles. The Kier molecular flexibility index (Phi) is 6.45. The van der Waals surface area contributed by atoms with Gasteiger partial charge in [-0.3, -0.25) is 4.79 Å². The Morgan fingerprint density at radius 2 is 1.84 bits per heavy atom. The fourth-order valence-corrected chi connectivity index (χ4v) is 3.35. The Hall–Kier alpha value is -2.04. The van der Waals surface area contributed by atoms with E-state index < -0.39 is 0 Å². The number of hydrogen-bond donors (Lipinski definition) is 2. The zero-order valence-electron chi connectivity index (χ0n) is 14.5. The first-order valence-corrected chi connectivity index (χ1v) is 8.38. The van der Waals surface area contributed by atoms with Crippen LogP contribution in [0.5, 0.6) is 0 Å². The predicted molar refractivity (Wildman–Crippen MR) is 103 cm³/mol. The van der Waals surface area contributed by atoms with Gasteiger partial charge >= 0.3 is 0 Å². The van der Waals surface area contributed by atoms with Crippen molar-refractivity contribution in [3.63, 3.8) is 0 Å². The molecule has 2 aromatic carbocycles. The minimum atomic E-state index is -0.0680. The highest BCUT2D eigenvalue weighted by atomic mass is 35.5. The highest BCUT2D eigenvalue weighted by Crippen LogP contribution is 2.34. The number of carbonyl (C=O) groups is 1. The van der Waals surface area contributed by atoms with Gasteiger partial charge in [0.25, 0.3) is 5.91 Å². The van der Waals surface area contributed by atoms with Crippen LogP contribution < -0.4 is 11.1 Å². The molecular formula is C20H25ClN2O2. The van der Waals surface area contributed by atoms with Gasteiger partial charge in [-0.15, -0.1) is 12.4 Å². The number of nitrogens with one attached hydrogen (secondary N) is 1. The summed E-state index contributed by atoms with van der Waals surface area (Å²) in [6.07, 6.45) is 1.82. The number of amides is 1. The number of carbonyl (C=O) groups excluding carboxylic acids is 1. The van der Waals surface area contributed by atoms with Crippen LogP contribution in [-0.2, 0) is 10.2 Å². The molecule has 0 unspecified atom stereocenters. The second kappa shape index (κ2) is 8.37. The van der Waals surface area contributed by atoms with E-state index in [2.05, 4.69) is 29.6 Å². The van der Waals surface area contributed by atoms with E-state index >= 15 is 0 Å². The highest BCUT2D eigenvalue weighted by Gasteiger charge is 2.34. The molecule has 5 heteroatoms. The highest BCUT2D eigenvalue weighted by molar-refractivity contribution is 5.96. The van der Waals surface area contributed by atoms with Crippen LogP contribution in [0.3, 0.4) is 0 Å². The van der Waals surface area contributed by atoms with Gasteiger partial charge in [0.2, 0.25) is 0 Å². The van der Waals surface area contributed by atoms with Gasteiger partial charge in [0.05, 0.1) is 0 Å². The smallest absolute Gasteiger partial charge is 0.251 e. The number of rotatable bonds is 4. The lowest BCUT2D eigenvalue weighted by molar-refractivity contribution is 0.0487. The summed E-state index contributed by atoms with van der Waals surface area (Å²) in [4.78, 5) is 12.6. The van der Waals surface area contributed by atoms with E-state index in [1.54, 1.807) is 6.07 Å². The Balaban J connectivity index is 0.00000225. The van der Waals surface area contributed by atoms with Crippen molar-refractivity contribution < 1.29 is 9.53 Å². The molecule has 1 amide bonds. The fraction of sp³-hybridized carbons (Fsp3) is 0.350. The number of nitrogen functional groups attached to an aromatic ring is 1. The van der Waals surface area contributed by atoms with Crippen molar-refractivity contribution in [1.29, 1.82) is 0 Å². The molecule has 0 saturated carbocycles. The lowest BCUT2D eigenvalue weighted by Gasteiger charge is -2.38. The Morgan fingerprint density at radius 3 is 2.52 bits per heavy atom. The summed E-state index contributed by atoms with van der Waals surface area (Å²) in [6.45, 7) is 3.98. The zero-order chi connectivity index (χ0) is 17.0. The summed E-state index contributed by atoms with van der Waals surface area (Å²) in [5.41, 5.74) is 9.20. The SMILES string of the molecule is Cc1ccc(N)cc1C(=O)NCC1(c2ccccc2)CCOCC1.Cl. The Labute approximate surface area is 155 Å². The van der Waals surface area contributed by atoms with E-state index in [4.69, 9.17) is 10.5 Å². The Morgan fingerprint density at radius 1 is 1.16 bits per heavy atom. The van der Waals surface area contributed by atoms with Crippen molar-refractivity contribution in [2.45, 2.75) is 25.2 Å². The van der Waals surface area contributed by atoms with Crippen LogP contribution in [0.2, 0.25) is 0 Å². The van der Waals surface area contributed by atoms with Crippen molar-refractivity contribution in [1.82, 2.24) is 5.32 Å². The molecule has 0 aliphatic carbocycles. The third kappa shape index (κ3) is 4.33. The van der Waals surface area contributed by atoms with Crippen LogP contribution in [-0.4, -0.2) is 25.7 Å². The summed E-state index contributed by atoms with van der Waals surface area (Å²) in [5.74, 6) is -0.0680. The molecule has 2 aromatic rings. The van der Waals surface area contributed by atoms with E-state index in [0.29, 0.717) is 17.8 Å². The topological polar surface area (TPSA) is 64.4 Å². The molecule has 0 aromatic heterocycles. The van der Waals surface area contributed by atoms with Gasteiger partial charge in [-0.25, -0.2) is 0 Å². The number of benzene rings is 2. The van der Waals surface area contributed by atoms with Crippen molar-refractivity contribution in [3.8, 4) is 0 Å². The van der Waals surface area contributed by atoms with Gasteiger partial charge in [0.15, 0.2) is 0 Å². The first-order valence-electron chi connectivity index (χ1n) is 8.38. The second-order valence-electron chi connectivity index (χ2n) is 6.52. The van der Waals surface area contributed by atoms with Crippen molar-refractivity contribution >= 4 is 24.0 Å². The van der Waals surface area contributed by atoms with E-state index in [0.717, 1.165) is 31.6 Å². The quantitative estimate of drug-likeness (QED) is 0.820. The predicted octanol–water partition coefficient (Wildman–Crippen LogP) is 3.48. The molecule has 25 heavy (non-hydrogen) atoms. The summed E-state index contributed by atoms with van der Waals surface area (Å²) < 4.78 is 5.54. The normalized spacial score (nSPS) is 15.9. The molecule has 134 valence electrons. The van der Waals surface area contributed by atoms with E-state index in [1.807, 2.05) is 25.1 Å². The van der Waals surface area contributed by atoms with Gasteiger partial charge in [0.1, 0.15) is 0 Å². The van der Waals surface area contributed by atoms with E-state index in [1.165, 1.54) is 5.56 Å². The lowest BCUT2D eigenvalue weighted by Crippen LogP contribution is -2.44. The minimum absolute atomic E-state index is 0. The zero-order valence-corrected chi connectivity index (χ0v) is 15.3. The number of ether oxygens (including phenoxy) is 1. The van der Waals surface area contributed by atoms with Gasteiger partial charge in [-0.1, -0.05) is 36.4 Å². The molecule has 3 N–H and O–H groups in total. The van der Waals surface area contributed by atoms with Gasteiger partial charge in [-0.2, -0.15) is 0 Å². The first-order chi connectivity index (χ1) is 11.6. The number of hydrogen-bond acceptors (Lipinski definition) is 3. The van der Waals surface area contributed by atoms with E-state index in [9.17, 15) is 4.79 Å². The average molecular weight is 361 g/mol. The van der Waals surface area contributed by atoms with E-state index in [-0.39, 0.29) is 23.7 Å². The van der Waals surface area contributed by atoms with Crippen molar-refractivity contribution in [3.05, 3.63) is 65.2 Å². The van der Waals surface area contributed by atoms with Crippen LogP contribution in [0, 0.1) is 6.92 Å². The van der Waals surface area contributed by atoms with Crippen LogP contribution >= 0.6 is 12.4 Å². The van der Waals surface area contributed by atoms with Crippen LogP contribution in [0.15, 0.2) is 48.5 Å². The molecule has 1 heterocycles. The number of aryl methyl sites for hydroxylation is 1. The van der Waals surface area contributed by atoms with Crippen molar-refractivity contribution in [2.75, 3.05) is 25.5 Å². The summed E-state index contributed by atoms with van der Waals surface area (Å²) in [5, 5.41) is 3.13. The lowest BCUT2D eigenvalue weighted by atomic mass is 9.74. The minimum Gasteiger partial charge on any atom is -0.399 e. The van der Waals surface area contributed by atoms with Gasteiger partial charge in [0, 0.05) is 36.4 Å². The van der Waals surface area contributed by atoms with Crippen molar-refractivity contribution in [2.24, 2.45) is 0 Å². The maximum absolute atomic E-state index is 12.6. The fourth-order valence-electron chi connectivity index (χ4n) is 3.35. The molecule has 1 aliphatic heterocycles. The van der Waals surface area contributed by atoms with Gasteiger partial charge < -0.3 is 15.8 Å². The third-order valence-corrected chi connectivity index (χ3v) is 4.93. The largest absolute Gasteiger partial charge is 0.399 e. The summed E-state index contributed by atoms with van der Waals surface area (Å²) in [6, 6.07) is 15.8. The maximum atomic E-state index is 12.6. The molecule has 0 radical (unpaired) electrons.